The van der Waals surface area contributed by atoms with E-state index in [0.717, 1.165) is 12.8 Å². The summed E-state index contributed by atoms with van der Waals surface area (Å²) in [6, 6.07) is 0.184. The predicted molar refractivity (Wildman–Crippen MR) is 95.3 cm³/mol. The van der Waals surface area contributed by atoms with Crippen molar-refractivity contribution in [1.82, 2.24) is 20.0 Å². The van der Waals surface area contributed by atoms with Gasteiger partial charge in [0.05, 0.1) is 31.0 Å². The number of ether oxygens (including phenoxy) is 1. The van der Waals surface area contributed by atoms with Gasteiger partial charge in [0.15, 0.2) is 0 Å². The van der Waals surface area contributed by atoms with Gasteiger partial charge in [0.25, 0.3) is 0 Å². The molecule has 0 radical (unpaired) electrons. The Hall–Kier alpha value is -2.22. The number of hydrogen-bond acceptors (Lipinski definition) is 6. The highest BCUT2D eigenvalue weighted by Crippen LogP contribution is 2.52. The summed E-state index contributed by atoms with van der Waals surface area (Å²) in [6.45, 7) is 6.64. The lowest BCUT2D eigenvalue weighted by atomic mass is 9.76. The third kappa shape index (κ3) is 2.69. The smallest absolute Gasteiger partial charge is 0.235 e. The second kappa shape index (κ2) is 6.44. The molecule has 2 fully saturated rings. The Labute approximate surface area is 158 Å². The monoisotopic (exact) mass is 374 g/mol. The van der Waals surface area contributed by atoms with Crippen LogP contribution in [0.3, 0.4) is 0 Å². The van der Waals surface area contributed by atoms with E-state index in [2.05, 4.69) is 24.0 Å². The number of fused-ring (bicyclic) bond motifs is 1. The van der Waals surface area contributed by atoms with Gasteiger partial charge in [-0.2, -0.15) is 0 Å². The van der Waals surface area contributed by atoms with Crippen molar-refractivity contribution in [3.05, 3.63) is 23.9 Å². The molecule has 27 heavy (non-hydrogen) atoms. The molecule has 146 valence electrons. The maximum absolute atomic E-state index is 13.2. The number of likely N-dealkylation sites (tertiary alicyclic amines) is 1. The summed E-state index contributed by atoms with van der Waals surface area (Å²) in [7, 11) is 1.70. The van der Waals surface area contributed by atoms with Crippen LogP contribution < -0.4 is 0 Å². The number of carbonyl (C=O) groups excluding carboxylic acids is 2. The molecule has 8 nitrogen and oxygen atoms in total. The van der Waals surface area contributed by atoms with Crippen molar-refractivity contribution in [3.63, 3.8) is 0 Å². The Morgan fingerprint density at radius 1 is 1.41 bits per heavy atom. The second-order valence-corrected chi connectivity index (χ2v) is 7.75. The van der Waals surface area contributed by atoms with Gasteiger partial charge in [-0.25, -0.2) is 0 Å². The van der Waals surface area contributed by atoms with E-state index in [4.69, 9.17) is 9.15 Å². The zero-order valence-corrected chi connectivity index (χ0v) is 16.2. The van der Waals surface area contributed by atoms with Crippen molar-refractivity contribution in [2.75, 3.05) is 13.6 Å². The van der Waals surface area contributed by atoms with Crippen LogP contribution in [0.25, 0.3) is 0 Å². The third-order valence-electron chi connectivity index (χ3n) is 6.11. The molecule has 1 aromatic rings. The van der Waals surface area contributed by atoms with Crippen molar-refractivity contribution in [1.29, 1.82) is 0 Å². The summed E-state index contributed by atoms with van der Waals surface area (Å²) in [6.07, 6.45) is 5.38. The highest BCUT2D eigenvalue weighted by atomic mass is 16.5. The average Bonchev–Trinajstić information content (AvgIpc) is 3.38. The third-order valence-corrected chi connectivity index (χ3v) is 6.11. The minimum absolute atomic E-state index is 0.0379. The summed E-state index contributed by atoms with van der Waals surface area (Å²) < 4.78 is 11.6. The van der Waals surface area contributed by atoms with E-state index in [1.165, 1.54) is 0 Å². The Morgan fingerprint density at radius 3 is 2.78 bits per heavy atom. The molecule has 4 atom stereocenters. The fourth-order valence-corrected chi connectivity index (χ4v) is 4.79. The number of aryl methyl sites for hydroxylation is 1. The fourth-order valence-electron chi connectivity index (χ4n) is 4.79. The molecule has 0 aliphatic carbocycles. The molecule has 3 aliphatic rings. The van der Waals surface area contributed by atoms with Crippen molar-refractivity contribution in [2.45, 2.75) is 57.9 Å². The van der Waals surface area contributed by atoms with Gasteiger partial charge in [0.2, 0.25) is 23.6 Å². The van der Waals surface area contributed by atoms with Crippen molar-refractivity contribution >= 4 is 11.8 Å². The Kier molecular flexibility index (Phi) is 4.33. The van der Waals surface area contributed by atoms with Crippen LogP contribution in [0.2, 0.25) is 0 Å². The van der Waals surface area contributed by atoms with E-state index in [0.29, 0.717) is 18.3 Å². The maximum Gasteiger partial charge on any atom is 0.235 e. The van der Waals surface area contributed by atoms with Gasteiger partial charge in [0.1, 0.15) is 5.60 Å². The lowest BCUT2D eigenvalue weighted by molar-refractivity contribution is -0.143. The molecule has 4 rings (SSSR count). The summed E-state index contributed by atoms with van der Waals surface area (Å²) in [4.78, 5) is 29.9. The van der Waals surface area contributed by atoms with Crippen LogP contribution in [0.5, 0.6) is 0 Å². The van der Waals surface area contributed by atoms with Crippen LogP contribution in [0.1, 0.15) is 38.5 Å². The molecule has 0 aromatic carbocycles. The first-order chi connectivity index (χ1) is 12.9. The lowest BCUT2D eigenvalue weighted by Crippen LogP contribution is -2.45. The van der Waals surface area contributed by atoms with E-state index >= 15 is 0 Å². The van der Waals surface area contributed by atoms with Crippen LogP contribution in [0.4, 0.5) is 0 Å². The Morgan fingerprint density at radius 2 is 2.15 bits per heavy atom. The summed E-state index contributed by atoms with van der Waals surface area (Å²) >= 11 is 0. The van der Waals surface area contributed by atoms with Crippen LogP contribution in [-0.2, 0) is 20.9 Å². The topological polar surface area (TPSA) is 88.8 Å². The minimum Gasteiger partial charge on any atom is -0.424 e. The molecule has 3 aliphatic heterocycles. The molecule has 2 bridgehead atoms. The Bertz CT molecular complexity index is 786. The number of amides is 2. The lowest BCUT2D eigenvalue weighted by Gasteiger charge is -2.29. The van der Waals surface area contributed by atoms with E-state index in [1.54, 1.807) is 18.9 Å². The zero-order valence-electron chi connectivity index (χ0n) is 16.2. The van der Waals surface area contributed by atoms with Gasteiger partial charge in [-0.3, -0.25) is 9.59 Å². The summed E-state index contributed by atoms with van der Waals surface area (Å²) in [5.74, 6) is -0.192. The van der Waals surface area contributed by atoms with E-state index in [1.807, 2.05) is 17.1 Å². The number of hydrogen-bond donors (Lipinski definition) is 0. The molecular formula is C19H26N4O4. The molecule has 0 unspecified atom stereocenters. The van der Waals surface area contributed by atoms with Gasteiger partial charge < -0.3 is 19.0 Å². The largest absolute Gasteiger partial charge is 0.424 e. The normalized spacial score (nSPS) is 31.2. The van der Waals surface area contributed by atoms with Crippen molar-refractivity contribution in [3.8, 4) is 0 Å². The maximum atomic E-state index is 13.2. The van der Waals surface area contributed by atoms with Gasteiger partial charge in [-0.05, 0) is 12.8 Å². The molecule has 0 saturated carbocycles. The fraction of sp³-hybridized carbons (Fsp3) is 0.684. The quantitative estimate of drug-likeness (QED) is 0.698. The first-order valence-corrected chi connectivity index (χ1v) is 9.61. The van der Waals surface area contributed by atoms with Gasteiger partial charge in [-0.1, -0.05) is 26.0 Å². The van der Waals surface area contributed by atoms with Crippen LogP contribution in [0, 0.1) is 18.8 Å². The van der Waals surface area contributed by atoms with Gasteiger partial charge >= 0.3 is 0 Å². The number of carbonyl (C=O) groups is 2. The molecule has 0 N–H and O–H groups in total. The molecule has 2 amide bonds. The standard InChI is InChI=1S/C19H26N4O4/c1-5-12(6-2)23-10-19-8-7-13(27-19)15(16(19)18(23)25)17(24)22(4)9-14-21-20-11(3)26-14/h7-8,12-13,15-16H,5-6,9-10H2,1-4H3/t13-,15-,16+,19-/m0/s1. The number of aromatic nitrogens is 2. The summed E-state index contributed by atoms with van der Waals surface area (Å²) in [5, 5.41) is 7.75. The van der Waals surface area contributed by atoms with E-state index < -0.39 is 17.4 Å². The summed E-state index contributed by atoms with van der Waals surface area (Å²) in [5.41, 5.74) is -0.660. The SMILES string of the molecule is CCC(CC)N1C[C@]23C=C[C@H](O2)[C@H](C(=O)N(C)Cc2nnc(C)o2)[C@@H]3C1=O. The highest BCUT2D eigenvalue weighted by molar-refractivity contribution is 5.93. The van der Waals surface area contributed by atoms with Gasteiger partial charge in [-0.15, -0.1) is 10.2 Å². The molecule has 1 spiro atoms. The van der Waals surface area contributed by atoms with Crippen molar-refractivity contribution < 1.29 is 18.7 Å². The van der Waals surface area contributed by atoms with E-state index in [9.17, 15) is 9.59 Å². The molecule has 1 aromatic heterocycles. The predicted octanol–water partition coefficient (Wildman–Crippen LogP) is 1.31. The molecule has 8 heteroatoms. The number of rotatable bonds is 6. The molecular weight excluding hydrogens is 348 g/mol. The van der Waals surface area contributed by atoms with E-state index in [-0.39, 0.29) is 30.5 Å². The number of nitrogens with zero attached hydrogens (tertiary/aromatic N) is 4. The zero-order chi connectivity index (χ0) is 19.3. The van der Waals surface area contributed by atoms with Crippen LogP contribution >= 0.6 is 0 Å². The van der Waals surface area contributed by atoms with Gasteiger partial charge in [0, 0.05) is 20.0 Å². The molecule has 2 saturated heterocycles. The minimum atomic E-state index is -0.660. The van der Waals surface area contributed by atoms with Crippen LogP contribution in [0.15, 0.2) is 16.6 Å². The average molecular weight is 374 g/mol. The van der Waals surface area contributed by atoms with Crippen molar-refractivity contribution in [2.24, 2.45) is 11.8 Å². The first-order valence-electron chi connectivity index (χ1n) is 9.61. The first kappa shape index (κ1) is 18.2. The molecule has 4 heterocycles. The second-order valence-electron chi connectivity index (χ2n) is 7.75. The highest BCUT2D eigenvalue weighted by Gasteiger charge is 2.67. The van der Waals surface area contributed by atoms with Crippen LogP contribution in [-0.4, -0.2) is 63.2 Å². The Balaban J connectivity index is 1.56.